The first-order chi connectivity index (χ1) is 15.6. The van der Waals surface area contributed by atoms with Crippen molar-refractivity contribution in [1.29, 1.82) is 0 Å². The summed E-state index contributed by atoms with van der Waals surface area (Å²) < 4.78 is 2.09. The number of hydrogen-bond donors (Lipinski definition) is 2. The topological polar surface area (TPSA) is 91.2 Å². The van der Waals surface area contributed by atoms with Gasteiger partial charge in [0.05, 0.1) is 35.1 Å². The Hall–Kier alpha value is -3.45. The predicted molar refractivity (Wildman–Crippen MR) is 121 cm³/mol. The fourth-order valence-electron chi connectivity index (χ4n) is 5.67. The molecular formula is C25H24N4O3. The summed E-state index contributed by atoms with van der Waals surface area (Å²) in [6.07, 6.45) is 4.35. The Bertz CT molecular complexity index is 1390. The number of pyridine rings is 1. The lowest BCUT2D eigenvalue weighted by Gasteiger charge is -2.36. The number of para-hydroxylation sites is 2. The van der Waals surface area contributed by atoms with Crippen LogP contribution in [0.2, 0.25) is 0 Å². The van der Waals surface area contributed by atoms with Crippen molar-refractivity contribution < 1.29 is 9.90 Å². The number of carbonyl (C=O) groups is 1. The van der Waals surface area contributed by atoms with Crippen LogP contribution in [0.4, 0.5) is 0 Å². The van der Waals surface area contributed by atoms with Gasteiger partial charge < -0.3 is 19.6 Å². The van der Waals surface area contributed by atoms with Crippen LogP contribution in [0.25, 0.3) is 21.8 Å². The number of hydrogen-bond acceptors (Lipinski definition) is 4. The molecule has 4 aromatic rings. The van der Waals surface area contributed by atoms with Crippen LogP contribution in [0.5, 0.6) is 0 Å². The predicted octanol–water partition coefficient (Wildman–Crippen LogP) is 2.96. The second kappa shape index (κ2) is 7.31. The molecule has 6 rings (SSSR count). The molecule has 1 amide bonds. The molecule has 0 bridgehead atoms. The molecule has 2 fully saturated rings. The highest BCUT2D eigenvalue weighted by Gasteiger charge is 2.44. The summed E-state index contributed by atoms with van der Waals surface area (Å²) in [4.78, 5) is 34.6. The third kappa shape index (κ3) is 2.96. The highest BCUT2D eigenvalue weighted by atomic mass is 16.3. The molecule has 0 unspecified atom stereocenters. The second-order valence-electron chi connectivity index (χ2n) is 9.05. The molecule has 0 spiro atoms. The lowest BCUT2D eigenvalue weighted by molar-refractivity contribution is 0.0374. The lowest BCUT2D eigenvalue weighted by Crippen LogP contribution is -2.36. The highest BCUT2D eigenvalue weighted by molar-refractivity contribution is 6.06. The number of aliphatic hydroxyl groups is 1. The van der Waals surface area contributed by atoms with Crippen LogP contribution < -0.4 is 5.56 Å². The SMILES string of the molecule is O=C(c1c[nH]c(=O)c2ccccc12)N1C[C@H]2C[C@@H](n3cnc4ccccc43)[C@H](O)C[C@H]2C1. The van der Waals surface area contributed by atoms with Gasteiger partial charge in [-0.1, -0.05) is 30.3 Å². The molecule has 2 aliphatic rings. The van der Waals surface area contributed by atoms with E-state index in [-0.39, 0.29) is 23.4 Å². The molecule has 32 heavy (non-hydrogen) atoms. The number of aliphatic hydroxyl groups excluding tert-OH is 1. The van der Waals surface area contributed by atoms with Gasteiger partial charge in [0.15, 0.2) is 0 Å². The van der Waals surface area contributed by atoms with Crippen LogP contribution >= 0.6 is 0 Å². The van der Waals surface area contributed by atoms with Crippen molar-refractivity contribution in [3.05, 3.63) is 77.0 Å². The number of nitrogens with one attached hydrogen (secondary N) is 1. The molecule has 3 heterocycles. The fraction of sp³-hybridized carbons (Fsp3) is 0.320. The summed E-state index contributed by atoms with van der Waals surface area (Å²) >= 11 is 0. The zero-order valence-electron chi connectivity index (χ0n) is 17.5. The van der Waals surface area contributed by atoms with E-state index in [4.69, 9.17) is 0 Å². The number of rotatable bonds is 2. The van der Waals surface area contributed by atoms with Crippen molar-refractivity contribution in [2.45, 2.75) is 25.0 Å². The van der Waals surface area contributed by atoms with Gasteiger partial charge in [-0.2, -0.15) is 0 Å². The van der Waals surface area contributed by atoms with E-state index in [1.165, 1.54) is 6.20 Å². The molecule has 4 atom stereocenters. The second-order valence-corrected chi connectivity index (χ2v) is 9.05. The van der Waals surface area contributed by atoms with E-state index in [1.54, 1.807) is 12.1 Å². The van der Waals surface area contributed by atoms with E-state index in [0.717, 1.165) is 17.5 Å². The number of likely N-dealkylation sites (tertiary alicyclic amines) is 1. The molecule has 2 aromatic heterocycles. The molecule has 0 radical (unpaired) electrons. The van der Waals surface area contributed by atoms with E-state index in [2.05, 4.69) is 14.5 Å². The van der Waals surface area contributed by atoms with Crippen molar-refractivity contribution in [2.75, 3.05) is 13.1 Å². The third-order valence-electron chi connectivity index (χ3n) is 7.27. The Labute approximate surface area is 184 Å². The summed E-state index contributed by atoms with van der Waals surface area (Å²) in [5.41, 5.74) is 2.29. The number of aromatic nitrogens is 3. The summed E-state index contributed by atoms with van der Waals surface area (Å²) in [5, 5.41) is 12.2. The van der Waals surface area contributed by atoms with Gasteiger partial charge in [0, 0.05) is 30.1 Å². The highest BCUT2D eigenvalue weighted by Crippen LogP contribution is 2.42. The Morgan fingerprint density at radius 1 is 1.00 bits per heavy atom. The van der Waals surface area contributed by atoms with Gasteiger partial charge in [0.2, 0.25) is 0 Å². The van der Waals surface area contributed by atoms with Crippen LogP contribution in [0.3, 0.4) is 0 Å². The summed E-state index contributed by atoms with van der Waals surface area (Å²) in [6.45, 7) is 1.29. The maximum absolute atomic E-state index is 13.4. The standard InChI is InChI=1S/C25H24N4O3/c30-23-10-16-13-28(25(32)19-11-26-24(31)18-6-2-1-5-17(18)19)12-15(16)9-22(23)29-14-27-20-7-3-4-8-21(20)29/h1-8,11,14-16,22-23,30H,9-10,12-13H2,(H,26,31)/t15-,16+,22-,23-/m1/s1. The Kier molecular flexibility index (Phi) is 4.40. The van der Waals surface area contributed by atoms with E-state index >= 15 is 0 Å². The monoisotopic (exact) mass is 428 g/mol. The smallest absolute Gasteiger partial charge is 0.255 e. The quantitative estimate of drug-likeness (QED) is 0.514. The maximum Gasteiger partial charge on any atom is 0.255 e. The Morgan fingerprint density at radius 3 is 2.56 bits per heavy atom. The molecule has 2 N–H and O–H groups in total. The van der Waals surface area contributed by atoms with E-state index < -0.39 is 6.10 Å². The van der Waals surface area contributed by atoms with Crippen molar-refractivity contribution in [2.24, 2.45) is 11.8 Å². The first-order valence-corrected chi connectivity index (χ1v) is 11.1. The number of amides is 1. The number of aromatic amines is 1. The number of benzene rings is 2. The first kappa shape index (κ1) is 19.3. The van der Waals surface area contributed by atoms with Crippen LogP contribution in [-0.2, 0) is 0 Å². The zero-order valence-corrected chi connectivity index (χ0v) is 17.5. The average Bonchev–Trinajstić information content (AvgIpc) is 3.42. The summed E-state index contributed by atoms with van der Waals surface area (Å²) in [7, 11) is 0. The number of imidazole rings is 1. The Balaban J connectivity index is 1.27. The van der Waals surface area contributed by atoms with Crippen molar-refractivity contribution in [3.63, 3.8) is 0 Å². The van der Waals surface area contributed by atoms with Crippen molar-refractivity contribution >= 4 is 27.7 Å². The molecule has 1 aliphatic heterocycles. The van der Waals surface area contributed by atoms with Crippen LogP contribution in [-0.4, -0.2) is 49.6 Å². The van der Waals surface area contributed by atoms with Crippen LogP contribution in [0.15, 0.2) is 65.8 Å². The maximum atomic E-state index is 13.4. The van der Waals surface area contributed by atoms with Gasteiger partial charge in [-0.25, -0.2) is 4.98 Å². The molecule has 1 saturated carbocycles. The minimum atomic E-state index is -0.474. The largest absolute Gasteiger partial charge is 0.391 e. The minimum Gasteiger partial charge on any atom is -0.391 e. The molecule has 2 aromatic carbocycles. The minimum absolute atomic E-state index is 0.0485. The van der Waals surface area contributed by atoms with Crippen molar-refractivity contribution in [1.82, 2.24) is 19.4 Å². The van der Waals surface area contributed by atoms with E-state index in [1.807, 2.05) is 47.6 Å². The van der Waals surface area contributed by atoms with Gasteiger partial charge in [-0.05, 0) is 42.9 Å². The van der Waals surface area contributed by atoms with Gasteiger partial charge in [-0.3, -0.25) is 9.59 Å². The van der Waals surface area contributed by atoms with E-state index in [9.17, 15) is 14.7 Å². The van der Waals surface area contributed by atoms with Gasteiger partial charge in [0.1, 0.15) is 0 Å². The van der Waals surface area contributed by atoms with Crippen LogP contribution in [0.1, 0.15) is 29.2 Å². The zero-order chi connectivity index (χ0) is 21.8. The first-order valence-electron chi connectivity index (χ1n) is 11.1. The third-order valence-corrected chi connectivity index (χ3v) is 7.27. The van der Waals surface area contributed by atoms with Crippen LogP contribution in [0, 0.1) is 11.8 Å². The van der Waals surface area contributed by atoms with Gasteiger partial charge in [0.25, 0.3) is 11.5 Å². The summed E-state index contributed by atoms with van der Waals surface area (Å²) in [6, 6.07) is 15.1. The lowest BCUT2D eigenvalue weighted by atomic mass is 9.77. The molecule has 7 heteroatoms. The number of fused-ring (bicyclic) bond motifs is 3. The number of nitrogens with zero attached hydrogens (tertiary/aromatic N) is 3. The normalized spacial score (nSPS) is 25.3. The molecular weight excluding hydrogens is 404 g/mol. The Morgan fingerprint density at radius 2 is 1.72 bits per heavy atom. The van der Waals surface area contributed by atoms with Gasteiger partial charge >= 0.3 is 0 Å². The summed E-state index contributed by atoms with van der Waals surface area (Å²) in [5.74, 6) is 0.530. The fourth-order valence-corrected chi connectivity index (χ4v) is 5.67. The molecule has 7 nitrogen and oxygen atoms in total. The molecule has 162 valence electrons. The van der Waals surface area contributed by atoms with Crippen molar-refractivity contribution in [3.8, 4) is 0 Å². The van der Waals surface area contributed by atoms with Gasteiger partial charge in [-0.15, -0.1) is 0 Å². The number of H-pyrrole nitrogens is 1. The average molecular weight is 428 g/mol. The molecule has 1 aliphatic carbocycles. The van der Waals surface area contributed by atoms with E-state index in [0.29, 0.717) is 41.8 Å². The molecule has 1 saturated heterocycles. The number of carbonyl (C=O) groups excluding carboxylic acids is 1.